The molecule has 19 heavy (non-hydrogen) atoms. The molecule has 0 fully saturated rings. The number of rotatable bonds is 2. The highest BCUT2D eigenvalue weighted by Gasteiger charge is 2.25. The fourth-order valence-electron chi connectivity index (χ4n) is 1.76. The van der Waals surface area contributed by atoms with Gasteiger partial charge in [-0.25, -0.2) is 4.98 Å². The van der Waals surface area contributed by atoms with E-state index in [0.29, 0.717) is 5.02 Å². The Morgan fingerprint density at radius 2 is 1.95 bits per heavy atom. The second-order valence-corrected chi connectivity index (χ2v) is 6.75. The number of halogens is 1. The smallest absolute Gasteiger partial charge is 0.135 e. The van der Waals surface area contributed by atoms with E-state index in [1.807, 2.05) is 24.3 Å². The van der Waals surface area contributed by atoms with Crippen LogP contribution < -0.4 is 5.73 Å². The number of hydrogen-bond donors (Lipinski definition) is 2. The lowest BCUT2D eigenvalue weighted by atomic mass is 9.91. The summed E-state index contributed by atoms with van der Waals surface area (Å²) in [5.41, 5.74) is 7.23. The quantitative estimate of drug-likeness (QED) is 0.648. The van der Waals surface area contributed by atoms with Gasteiger partial charge in [0.05, 0.1) is 15.6 Å². The van der Waals surface area contributed by atoms with Gasteiger partial charge in [-0.2, -0.15) is 0 Å². The highest BCUT2D eigenvalue weighted by atomic mass is 35.5. The third-order valence-corrected chi connectivity index (χ3v) is 4.14. The molecular weight excluding hydrogens is 278 g/mol. The Hall–Kier alpha value is -1.39. The average molecular weight is 294 g/mol. The number of hydrogen-bond acceptors (Lipinski definition) is 3. The van der Waals surface area contributed by atoms with Crippen LogP contribution in [0.1, 0.15) is 31.3 Å². The summed E-state index contributed by atoms with van der Waals surface area (Å²) in [4.78, 5) is 5.37. The van der Waals surface area contributed by atoms with Gasteiger partial charge in [-0.15, -0.1) is 11.3 Å². The Morgan fingerprint density at radius 1 is 1.32 bits per heavy atom. The molecule has 0 aliphatic carbocycles. The van der Waals surface area contributed by atoms with Crippen LogP contribution in [0.25, 0.3) is 10.6 Å². The molecule has 1 heterocycles. The van der Waals surface area contributed by atoms with Crippen molar-refractivity contribution in [2.75, 3.05) is 0 Å². The van der Waals surface area contributed by atoms with Gasteiger partial charge in [0.2, 0.25) is 0 Å². The Bertz CT molecular complexity index is 626. The SMILES string of the molecule is CC(C)(C)c1nc(-c2ccccc2Cl)sc1C(=N)N. The normalized spacial score (nSPS) is 11.6. The first-order valence-electron chi connectivity index (χ1n) is 5.91. The first-order chi connectivity index (χ1) is 8.80. The second-order valence-electron chi connectivity index (χ2n) is 5.34. The molecule has 2 rings (SSSR count). The number of aromatic nitrogens is 1. The molecule has 0 radical (unpaired) electrons. The number of benzene rings is 1. The number of thiazole rings is 1. The molecule has 1 aromatic heterocycles. The molecule has 0 amide bonds. The molecule has 0 unspecified atom stereocenters. The first-order valence-corrected chi connectivity index (χ1v) is 7.10. The van der Waals surface area contributed by atoms with Gasteiger partial charge in [0, 0.05) is 11.0 Å². The predicted octanol–water partition coefficient (Wildman–Crippen LogP) is 4.05. The number of nitrogens with two attached hydrogens (primary N) is 1. The molecule has 0 atom stereocenters. The van der Waals surface area contributed by atoms with Crippen molar-refractivity contribution < 1.29 is 0 Å². The zero-order valence-corrected chi connectivity index (χ0v) is 12.7. The van der Waals surface area contributed by atoms with Crippen molar-refractivity contribution in [2.24, 2.45) is 5.73 Å². The summed E-state index contributed by atoms with van der Waals surface area (Å²) in [7, 11) is 0. The summed E-state index contributed by atoms with van der Waals surface area (Å²) in [6.07, 6.45) is 0. The number of nitrogens with zero attached hydrogens (tertiary/aromatic N) is 1. The van der Waals surface area contributed by atoms with Crippen LogP contribution in [-0.4, -0.2) is 10.8 Å². The lowest BCUT2D eigenvalue weighted by Gasteiger charge is -2.16. The topological polar surface area (TPSA) is 62.8 Å². The van der Waals surface area contributed by atoms with E-state index < -0.39 is 0 Å². The summed E-state index contributed by atoms with van der Waals surface area (Å²) in [6, 6.07) is 7.57. The van der Waals surface area contributed by atoms with Crippen molar-refractivity contribution in [3.8, 4) is 10.6 Å². The van der Waals surface area contributed by atoms with Crippen LogP contribution in [0.15, 0.2) is 24.3 Å². The maximum Gasteiger partial charge on any atom is 0.135 e. The zero-order chi connectivity index (χ0) is 14.2. The van der Waals surface area contributed by atoms with Crippen LogP contribution in [0.5, 0.6) is 0 Å². The van der Waals surface area contributed by atoms with Crippen molar-refractivity contribution in [3.05, 3.63) is 39.9 Å². The summed E-state index contributed by atoms with van der Waals surface area (Å²) in [5, 5.41) is 9.17. The Balaban J connectivity index is 2.62. The fraction of sp³-hybridized carbons (Fsp3) is 0.286. The lowest BCUT2D eigenvalue weighted by Crippen LogP contribution is -2.19. The summed E-state index contributed by atoms with van der Waals surface area (Å²) in [5.74, 6) is 0.0562. The van der Waals surface area contributed by atoms with Gasteiger partial charge in [0.25, 0.3) is 0 Å². The van der Waals surface area contributed by atoms with E-state index in [1.54, 1.807) is 0 Å². The van der Waals surface area contributed by atoms with E-state index >= 15 is 0 Å². The third-order valence-electron chi connectivity index (χ3n) is 2.69. The van der Waals surface area contributed by atoms with E-state index in [4.69, 9.17) is 22.7 Å². The van der Waals surface area contributed by atoms with E-state index in [1.165, 1.54) is 11.3 Å². The number of nitrogens with one attached hydrogen (secondary N) is 1. The molecule has 0 saturated heterocycles. The number of nitrogen functional groups attached to an aromatic ring is 1. The first kappa shape index (κ1) is 14.0. The van der Waals surface area contributed by atoms with Crippen LogP contribution >= 0.6 is 22.9 Å². The minimum absolute atomic E-state index is 0.0562. The minimum Gasteiger partial charge on any atom is -0.383 e. The highest BCUT2D eigenvalue weighted by Crippen LogP contribution is 2.36. The van der Waals surface area contributed by atoms with Crippen molar-refractivity contribution in [3.63, 3.8) is 0 Å². The van der Waals surface area contributed by atoms with Crippen molar-refractivity contribution >= 4 is 28.8 Å². The van der Waals surface area contributed by atoms with E-state index in [-0.39, 0.29) is 11.3 Å². The average Bonchev–Trinajstić information content (AvgIpc) is 2.74. The van der Waals surface area contributed by atoms with E-state index in [9.17, 15) is 0 Å². The van der Waals surface area contributed by atoms with Crippen molar-refractivity contribution in [1.29, 1.82) is 5.41 Å². The number of amidine groups is 1. The second kappa shape index (κ2) is 4.94. The molecule has 0 bridgehead atoms. The van der Waals surface area contributed by atoms with Gasteiger partial charge in [-0.1, -0.05) is 50.6 Å². The third kappa shape index (κ3) is 2.80. The molecule has 1 aromatic carbocycles. The van der Waals surface area contributed by atoms with Gasteiger partial charge < -0.3 is 5.73 Å². The highest BCUT2D eigenvalue weighted by molar-refractivity contribution is 7.17. The molecule has 3 N–H and O–H groups in total. The van der Waals surface area contributed by atoms with E-state index in [0.717, 1.165) is 21.1 Å². The van der Waals surface area contributed by atoms with Crippen molar-refractivity contribution in [1.82, 2.24) is 4.98 Å². The predicted molar refractivity (Wildman–Crippen MR) is 82.3 cm³/mol. The van der Waals surface area contributed by atoms with Crippen LogP contribution in [0.3, 0.4) is 0 Å². The molecule has 100 valence electrons. The summed E-state index contributed by atoms with van der Waals surface area (Å²) < 4.78 is 0. The molecule has 3 nitrogen and oxygen atoms in total. The Morgan fingerprint density at radius 3 is 2.42 bits per heavy atom. The fourth-order valence-corrected chi connectivity index (χ4v) is 3.22. The van der Waals surface area contributed by atoms with Crippen molar-refractivity contribution in [2.45, 2.75) is 26.2 Å². The van der Waals surface area contributed by atoms with Crippen LogP contribution in [0, 0.1) is 5.41 Å². The molecule has 0 aliphatic rings. The van der Waals surface area contributed by atoms with Gasteiger partial charge in [-0.3, -0.25) is 5.41 Å². The van der Waals surface area contributed by atoms with Crippen LogP contribution in [0.4, 0.5) is 0 Å². The van der Waals surface area contributed by atoms with Gasteiger partial charge in [-0.05, 0) is 6.07 Å². The maximum atomic E-state index is 7.70. The van der Waals surface area contributed by atoms with Gasteiger partial charge in [0.1, 0.15) is 10.8 Å². The molecule has 5 heteroatoms. The lowest BCUT2D eigenvalue weighted by molar-refractivity contribution is 0.572. The molecule has 0 spiro atoms. The minimum atomic E-state index is -0.156. The van der Waals surface area contributed by atoms with Crippen LogP contribution in [0.2, 0.25) is 5.02 Å². The van der Waals surface area contributed by atoms with Crippen LogP contribution in [-0.2, 0) is 5.41 Å². The van der Waals surface area contributed by atoms with E-state index in [2.05, 4.69) is 25.8 Å². The molecule has 2 aromatic rings. The van der Waals surface area contributed by atoms with Gasteiger partial charge >= 0.3 is 0 Å². The monoisotopic (exact) mass is 293 g/mol. The zero-order valence-electron chi connectivity index (χ0n) is 11.1. The summed E-state index contributed by atoms with van der Waals surface area (Å²) >= 11 is 7.61. The maximum absolute atomic E-state index is 7.70. The Labute approximate surface area is 122 Å². The Kier molecular flexibility index (Phi) is 3.65. The summed E-state index contributed by atoms with van der Waals surface area (Å²) in [6.45, 7) is 6.18. The molecular formula is C14H16ClN3S. The largest absolute Gasteiger partial charge is 0.383 e. The van der Waals surface area contributed by atoms with Gasteiger partial charge in [0.15, 0.2) is 0 Å². The molecule has 0 saturated carbocycles. The molecule has 0 aliphatic heterocycles. The standard InChI is InChI=1S/C14H16ClN3S/c1-14(2,3)11-10(12(16)17)19-13(18-11)8-6-4-5-7-9(8)15/h4-7H,1-3H3,(H3,16,17).